The highest BCUT2D eigenvalue weighted by atomic mass is 32.1. The van der Waals surface area contributed by atoms with Crippen LogP contribution < -0.4 is 5.73 Å². The first-order valence-corrected chi connectivity index (χ1v) is 6.83. The van der Waals surface area contributed by atoms with E-state index in [-0.39, 0.29) is 0 Å². The number of thiazole rings is 1. The summed E-state index contributed by atoms with van der Waals surface area (Å²) in [4.78, 5) is 5.15. The van der Waals surface area contributed by atoms with E-state index >= 15 is 0 Å². The Kier molecular flexibility index (Phi) is 2.83. The largest absolute Gasteiger partial charge is 0.383 e. The van der Waals surface area contributed by atoms with E-state index < -0.39 is 0 Å². The fourth-order valence-corrected chi connectivity index (χ4v) is 2.66. The van der Waals surface area contributed by atoms with E-state index in [0.717, 1.165) is 21.7 Å². The topological polar surface area (TPSA) is 56.7 Å². The molecular formula is C14H14N4S. The molecule has 0 bridgehead atoms. The predicted octanol–water partition coefficient (Wildman–Crippen LogP) is 3.10. The summed E-state index contributed by atoms with van der Waals surface area (Å²) < 4.78 is 1.71. The Balaban J connectivity index is 2.22. The molecule has 0 saturated heterocycles. The smallest absolute Gasteiger partial charge is 0.129 e. The van der Waals surface area contributed by atoms with E-state index in [1.54, 1.807) is 21.5 Å². The molecule has 5 heteroatoms. The number of nitrogen functional groups attached to an aromatic ring is 1. The van der Waals surface area contributed by atoms with E-state index in [0.29, 0.717) is 5.82 Å². The molecule has 3 rings (SSSR count). The number of nitrogens with zero attached hydrogens (tertiary/aromatic N) is 3. The van der Waals surface area contributed by atoms with E-state index in [4.69, 9.17) is 5.73 Å². The Hall–Kier alpha value is -2.14. The summed E-state index contributed by atoms with van der Waals surface area (Å²) in [6.45, 7) is 2.07. The van der Waals surface area contributed by atoms with Crippen LogP contribution in [-0.4, -0.2) is 14.8 Å². The van der Waals surface area contributed by atoms with Crippen molar-refractivity contribution >= 4 is 17.2 Å². The zero-order valence-electron chi connectivity index (χ0n) is 10.8. The van der Waals surface area contributed by atoms with Gasteiger partial charge < -0.3 is 5.73 Å². The molecule has 1 aromatic carbocycles. The molecule has 0 radical (unpaired) electrons. The van der Waals surface area contributed by atoms with Gasteiger partial charge in [0.2, 0.25) is 0 Å². The van der Waals surface area contributed by atoms with Crippen LogP contribution in [0.2, 0.25) is 0 Å². The van der Waals surface area contributed by atoms with Crippen molar-refractivity contribution in [3.8, 4) is 21.7 Å². The summed E-state index contributed by atoms with van der Waals surface area (Å²) >= 11 is 1.57. The predicted molar refractivity (Wildman–Crippen MR) is 78.9 cm³/mol. The van der Waals surface area contributed by atoms with Gasteiger partial charge in [0.05, 0.1) is 16.0 Å². The van der Waals surface area contributed by atoms with Crippen LogP contribution in [0.1, 0.15) is 5.56 Å². The fraction of sp³-hybridized carbons (Fsp3) is 0.143. The van der Waals surface area contributed by atoms with Gasteiger partial charge in [-0.05, 0) is 12.5 Å². The van der Waals surface area contributed by atoms with Crippen LogP contribution in [-0.2, 0) is 7.05 Å². The molecule has 0 unspecified atom stereocenters. The first-order chi connectivity index (χ1) is 9.16. The van der Waals surface area contributed by atoms with Gasteiger partial charge in [-0.15, -0.1) is 11.3 Å². The number of anilines is 1. The van der Waals surface area contributed by atoms with Crippen LogP contribution in [0.15, 0.2) is 36.0 Å². The molecule has 2 heterocycles. The van der Waals surface area contributed by atoms with Gasteiger partial charge in [0, 0.05) is 13.2 Å². The summed E-state index contributed by atoms with van der Waals surface area (Å²) in [6.07, 6.45) is 1.82. The fourth-order valence-electron chi connectivity index (χ4n) is 2.05. The van der Waals surface area contributed by atoms with Crippen LogP contribution in [0.4, 0.5) is 5.82 Å². The van der Waals surface area contributed by atoms with Crippen molar-refractivity contribution in [1.82, 2.24) is 14.8 Å². The first-order valence-electron chi connectivity index (χ1n) is 5.95. The molecule has 0 fully saturated rings. The maximum absolute atomic E-state index is 6.16. The third-order valence-corrected chi connectivity index (χ3v) is 3.88. The standard InChI is InChI=1S/C14H14N4S/c1-9-3-5-10(6-4-9)12-13(11-7-16-8-19-11)17-18(2)14(12)15/h3-8H,15H2,1-2H3. The number of benzene rings is 1. The molecule has 0 amide bonds. The summed E-state index contributed by atoms with van der Waals surface area (Å²) in [7, 11) is 1.86. The first kappa shape index (κ1) is 11.9. The van der Waals surface area contributed by atoms with Crippen molar-refractivity contribution in [1.29, 1.82) is 0 Å². The van der Waals surface area contributed by atoms with Gasteiger partial charge >= 0.3 is 0 Å². The van der Waals surface area contributed by atoms with E-state index in [9.17, 15) is 0 Å². The molecule has 2 aromatic heterocycles. The zero-order chi connectivity index (χ0) is 13.4. The number of hydrogen-bond acceptors (Lipinski definition) is 4. The highest BCUT2D eigenvalue weighted by Crippen LogP contribution is 2.37. The molecule has 0 spiro atoms. The normalized spacial score (nSPS) is 10.8. The Bertz CT molecular complexity index is 696. The van der Waals surface area contributed by atoms with Gasteiger partial charge in [0.1, 0.15) is 11.5 Å². The molecule has 19 heavy (non-hydrogen) atoms. The maximum atomic E-state index is 6.16. The monoisotopic (exact) mass is 270 g/mol. The average molecular weight is 270 g/mol. The van der Waals surface area contributed by atoms with Crippen molar-refractivity contribution in [2.24, 2.45) is 7.05 Å². The highest BCUT2D eigenvalue weighted by Gasteiger charge is 2.18. The molecule has 0 aliphatic heterocycles. The highest BCUT2D eigenvalue weighted by molar-refractivity contribution is 7.13. The summed E-state index contributed by atoms with van der Waals surface area (Å²) in [5.74, 6) is 0.673. The summed E-state index contributed by atoms with van der Waals surface area (Å²) in [5, 5.41) is 4.51. The second kappa shape index (κ2) is 4.51. The number of rotatable bonds is 2. The quantitative estimate of drug-likeness (QED) is 0.778. The van der Waals surface area contributed by atoms with Crippen molar-refractivity contribution in [2.75, 3.05) is 5.73 Å². The minimum Gasteiger partial charge on any atom is -0.383 e. The lowest BCUT2D eigenvalue weighted by atomic mass is 10.0. The lowest BCUT2D eigenvalue weighted by molar-refractivity contribution is 0.783. The van der Waals surface area contributed by atoms with E-state index in [1.165, 1.54) is 5.56 Å². The van der Waals surface area contributed by atoms with Gasteiger partial charge in [-0.3, -0.25) is 9.67 Å². The second-order valence-corrected chi connectivity index (χ2v) is 5.35. The van der Waals surface area contributed by atoms with Crippen LogP contribution in [0.3, 0.4) is 0 Å². The Morgan fingerprint density at radius 3 is 2.58 bits per heavy atom. The molecule has 4 nitrogen and oxygen atoms in total. The Morgan fingerprint density at radius 1 is 1.21 bits per heavy atom. The van der Waals surface area contributed by atoms with Crippen molar-refractivity contribution in [3.63, 3.8) is 0 Å². The lowest BCUT2D eigenvalue weighted by Crippen LogP contribution is -1.97. The molecular weight excluding hydrogens is 256 g/mol. The summed E-state index contributed by atoms with van der Waals surface area (Å²) in [6, 6.07) is 8.32. The molecule has 96 valence electrons. The van der Waals surface area contributed by atoms with Crippen LogP contribution in [0.25, 0.3) is 21.7 Å². The summed E-state index contributed by atoms with van der Waals surface area (Å²) in [5.41, 5.74) is 12.2. The molecule has 0 aliphatic carbocycles. The zero-order valence-corrected chi connectivity index (χ0v) is 11.6. The molecule has 3 aromatic rings. The van der Waals surface area contributed by atoms with Crippen molar-refractivity contribution in [3.05, 3.63) is 41.5 Å². The Labute approximate surface area is 115 Å². The van der Waals surface area contributed by atoms with Gasteiger partial charge in [0.25, 0.3) is 0 Å². The molecule has 2 N–H and O–H groups in total. The Morgan fingerprint density at radius 2 is 1.95 bits per heavy atom. The van der Waals surface area contributed by atoms with Gasteiger partial charge in [-0.2, -0.15) is 5.10 Å². The molecule has 0 atom stereocenters. The molecule has 0 aliphatic rings. The van der Waals surface area contributed by atoms with Crippen LogP contribution in [0, 0.1) is 6.92 Å². The third kappa shape index (κ3) is 2.02. The van der Waals surface area contributed by atoms with Gasteiger partial charge in [-0.1, -0.05) is 29.8 Å². The van der Waals surface area contributed by atoms with Crippen molar-refractivity contribution < 1.29 is 0 Å². The SMILES string of the molecule is Cc1ccc(-c2c(-c3cncs3)nn(C)c2N)cc1. The van der Waals surface area contributed by atoms with E-state index in [2.05, 4.69) is 41.3 Å². The second-order valence-electron chi connectivity index (χ2n) is 4.46. The minimum atomic E-state index is 0.673. The van der Waals surface area contributed by atoms with Crippen molar-refractivity contribution in [2.45, 2.75) is 6.92 Å². The minimum absolute atomic E-state index is 0.673. The number of aromatic nitrogens is 3. The van der Waals surface area contributed by atoms with Crippen LogP contribution >= 0.6 is 11.3 Å². The number of nitrogens with two attached hydrogens (primary N) is 1. The van der Waals surface area contributed by atoms with E-state index in [1.807, 2.05) is 13.2 Å². The molecule has 0 saturated carbocycles. The maximum Gasteiger partial charge on any atom is 0.129 e. The van der Waals surface area contributed by atoms with Gasteiger partial charge in [-0.25, -0.2) is 0 Å². The number of hydrogen-bond donors (Lipinski definition) is 1. The average Bonchev–Trinajstić information content (AvgIpc) is 3.01. The third-order valence-electron chi connectivity index (χ3n) is 3.10. The number of aryl methyl sites for hydroxylation is 2. The van der Waals surface area contributed by atoms with Crippen LogP contribution in [0.5, 0.6) is 0 Å². The lowest BCUT2D eigenvalue weighted by Gasteiger charge is -2.03. The van der Waals surface area contributed by atoms with Gasteiger partial charge in [0.15, 0.2) is 0 Å².